The maximum atomic E-state index is 5.74. The quantitative estimate of drug-likeness (QED) is 0.667. The molecule has 2 heteroatoms. The summed E-state index contributed by atoms with van der Waals surface area (Å²) in [5, 5.41) is 0. The van der Waals surface area contributed by atoms with E-state index in [1.165, 1.54) is 25.0 Å². The topological polar surface area (TPSA) is 12.5 Å². The third-order valence-corrected chi connectivity index (χ3v) is 3.98. The Kier molecular flexibility index (Phi) is 2.92. The summed E-state index contributed by atoms with van der Waals surface area (Å²) in [5.74, 6) is 0. The molecule has 2 atom stereocenters. The predicted molar refractivity (Wildman–Crippen MR) is 67.5 cm³/mol. The first kappa shape index (κ1) is 12.1. The van der Waals surface area contributed by atoms with E-state index in [0.717, 1.165) is 13.0 Å². The van der Waals surface area contributed by atoms with Crippen LogP contribution in [0.15, 0.2) is 12.2 Å². The van der Waals surface area contributed by atoms with Gasteiger partial charge in [0.1, 0.15) is 0 Å². The summed E-state index contributed by atoms with van der Waals surface area (Å²) in [7, 11) is 1.86. The van der Waals surface area contributed by atoms with Gasteiger partial charge in [0.2, 0.25) is 0 Å². The Morgan fingerprint density at radius 2 is 2.19 bits per heavy atom. The number of hydrogen-bond acceptors (Lipinski definition) is 2. The summed E-state index contributed by atoms with van der Waals surface area (Å²) in [6.07, 6.45) is 3.91. The second-order valence-corrected chi connectivity index (χ2v) is 6.70. The van der Waals surface area contributed by atoms with Gasteiger partial charge in [-0.3, -0.25) is 4.90 Å². The zero-order valence-electron chi connectivity index (χ0n) is 11.2. The molecule has 1 unspecified atom stereocenters. The van der Waals surface area contributed by atoms with E-state index in [9.17, 15) is 0 Å². The highest BCUT2D eigenvalue weighted by atomic mass is 16.5. The van der Waals surface area contributed by atoms with Crippen LogP contribution in [0, 0.1) is 5.41 Å². The van der Waals surface area contributed by atoms with Crippen molar-refractivity contribution >= 4 is 0 Å². The van der Waals surface area contributed by atoms with Crippen molar-refractivity contribution in [2.75, 3.05) is 20.2 Å². The van der Waals surface area contributed by atoms with Crippen molar-refractivity contribution in [1.82, 2.24) is 4.90 Å². The molecular formula is C14H25NO. The minimum absolute atomic E-state index is 0.240. The highest BCUT2D eigenvalue weighted by Gasteiger charge is 2.53. The fourth-order valence-electron chi connectivity index (χ4n) is 3.73. The van der Waals surface area contributed by atoms with Crippen LogP contribution in [0.5, 0.6) is 0 Å². The number of methoxy groups -OCH3 is 1. The first-order chi connectivity index (χ1) is 7.37. The van der Waals surface area contributed by atoms with Gasteiger partial charge in [-0.05, 0) is 24.7 Å². The van der Waals surface area contributed by atoms with Crippen LogP contribution in [0.2, 0.25) is 0 Å². The standard InChI is InChI=1S/C14H25NO/c1-11-8-14(10-13(2,3)4)12(16-5)6-7-15(14)9-11/h12H,1,6-10H2,2-5H3/t12-,14?/m1/s1. The molecule has 2 heterocycles. The molecular weight excluding hydrogens is 198 g/mol. The van der Waals surface area contributed by atoms with E-state index in [1.54, 1.807) is 0 Å². The molecule has 0 aromatic carbocycles. The monoisotopic (exact) mass is 223 g/mol. The van der Waals surface area contributed by atoms with Crippen LogP contribution in [-0.2, 0) is 4.74 Å². The zero-order valence-corrected chi connectivity index (χ0v) is 11.2. The number of hydrogen-bond donors (Lipinski definition) is 0. The lowest BCUT2D eigenvalue weighted by molar-refractivity contribution is -0.00638. The van der Waals surface area contributed by atoms with Crippen LogP contribution in [-0.4, -0.2) is 36.7 Å². The van der Waals surface area contributed by atoms with Crippen molar-refractivity contribution in [2.24, 2.45) is 5.41 Å². The highest BCUT2D eigenvalue weighted by molar-refractivity contribution is 5.21. The summed E-state index contributed by atoms with van der Waals surface area (Å²) >= 11 is 0. The van der Waals surface area contributed by atoms with Crippen LogP contribution < -0.4 is 0 Å². The molecule has 0 aromatic rings. The van der Waals surface area contributed by atoms with Gasteiger partial charge in [-0.1, -0.05) is 32.9 Å². The summed E-state index contributed by atoms with van der Waals surface area (Å²) in [5.41, 5.74) is 1.97. The molecule has 0 N–H and O–H groups in total. The Balaban J connectivity index is 2.26. The number of nitrogens with zero attached hydrogens (tertiary/aromatic N) is 1. The van der Waals surface area contributed by atoms with E-state index in [4.69, 9.17) is 4.74 Å². The van der Waals surface area contributed by atoms with Crippen LogP contribution in [0.25, 0.3) is 0 Å². The van der Waals surface area contributed by atoms with Crippen molar-refractivity contribution in [3.8, 4) is 0 Å². The molecule has 2 aliphatic rings. The van der Waals surface area contributed by atoms with E-state index in [0.29, 0.717) is 11.5 Å². The number of ether oxygens (including phenoxy) is 1. The molecule has 2 saturated heterocycles. The van der Waals surface area contributed by atoms with Gasteiger partial charge in [-0.2, -0.15) is 0 Å². The molecule has 0 radical (unpaired) electrons. The van der Waals surface area contributed by atoms with Crippen molar-refractivity contribution in [3.63, 3.8) is 0 Å². The molecule has 0 amide bonds. The van der Waals surface area contributed by atoms with Crippen molar-refractivity contribution in [1.29, 1.82) is 0 Å². The largest absolute Gasteiger partial charge is 0.379 e. The van der Waals surface area contributed by atoms with Crippen molar-refractivity contribution < 1.29 is 4.74 Å². The molecule has 92 valence electrons. The van der Waals surface area contributed by atoms with E-state index in [-0.39, 0.29) is 5.54 Å². The Morgan fingerprint density at radius 3 is 2.75 bits per heavy atom. The number of fused-ring (bicyclic) bond motifs is 1. The van der Waals surface area contributed by atoms with E-state index < -0.39 is 0 Å². The van der Waals surface area contributed by atoms with Crippen LogP contribution in [0.3, 0.4) is 0 Å². The Labute approximate surface area is 99.7 Å². The molecule has 0 spiro atoms. The van der Waals surface area contributed by atoms with Crippen molar-refractivity contribution in [3.05, 3.63) is 12.2 Å². The predicted octanol–water partition coefficient (Wildman–Crippen LogP) is 2.84. The van der Waals surface area contributed by atoms with Gasteiger partial charge >= 0.3 is 0 Å². The molecule has 0 aromatic heterocycles. The first-order valence-electron chi connectivity index (χ1n) is 6.32. The van der Waals surface area contributed by atoms with Crippen LogP contribution >= 0.6 is 0 Å². The van der Waals surface area contributed by atoms with E-state index >= 15 is 0 Å². The molecule has 16 heavy (non-hydrogen) atoms. The fraction of sp³-hybridized carbons (Fsp3) is 0.857. The average molecular weight is 223 g/mol. The molecule has 0 bridgehead atoms. The van der Waals surface area contributed by atoms with Gasteiger partial charge < -0.3 is 4.74 Å². The SMILES string of the molecule is C=C1CN2CC[C@@H](OC)C2(CC(C)(C)C)C1. The molecule has 2 aliphatic heterocycles. The smallest absolute Gasteiger partial charge is 0.0770 e. The van der Waals surface area contributed by atoms with Crippen LogP contribution in [0.4, 0.5) is 0 Å². The van der Waals surface area contributed by atoms with Gasteiger partial charge in [0.05, 0.1) is 11.6 Å². The van der Waals surface area contributed by atoms with Gasteiger partial charge in [0.15, 0.2) is 0 Å². The van der Waals surface area contributed by atoms with Crippen LogP contribution in [0.1, 0.15) is 40.0 Å². The maximum Gasteiger partial charge on any atom is 0.0770 e. The molecule has 0 aliphatic carbocycles. The first-order valence-corrected chi connectivity index (χ1v) is 6.32. The Bertz CT molecular complexity index is 292. The lowest BCUT2D eigenvalue weighted by Gasteiger charge is -2.41. The van der Waals surface area contributed by atoms with Gasteiger partial charge in [0.25, 0.3) is 0 Å². The normalized spacial score (nSPS) is 35.8. The molecule has 2 rings (SSSR count). The van der Waals surface area contributed by atoms with E-state index in [2.05, 4.69) is 32.3 Å². The van der Waals surface area contributed by atoms with E-state index in [1.807, 2.05) is 7.11 Å². The highest BCUT2D eigenvalue weighted by Crippen LogP contribution is 2.48. The lowest BCUT2D eigenvalue weighted by Crippen LogP contribution is -2.49. The second kappa shape index (κ2) is 3.85. The molecule has 2 fully saturated rings. The average Bonchev–Trinajstić information content (AvgIpc) is 2.54. The third-order valence-electron chi connectivity index (χ3n) is 3.98. The summed E-state index contributed by atoms with van der Waals surface area (Å²) in [6.45, 7) is 13.4. The summed E-state index contributed by atoms with van der Waals surface area (Å²) < 4.78 is 5.74. The summed E-state index contributed by atoms with van der Waals surface area (Å²) in [6, 6.07) is 0. The van der Waals surface area contributed by atoms with Gasteiger partial charge in [-0.15, -0.1) is 0 Å². The minimum Gasteiger partial charge on any atom is -0.379 e. The van der Waals surface area contributed by atoms with Gasteiger partial charge in [0, 0.05) is 20.2 Å². The minimum atomic E-state index is 0.240. The Hall–Kier alpha value is -0.340. The van der Waals surface area contributed by atoms with Gasteiger partial charge in [-0.25, -0.2) is 0 Å². The second-order valence-electron chi connectivity index (χ2n) is 6.70. The fourth-order valence-corrected chi connectivity index (χ4v) is 3.73. The third kappa shape index (κ3) is 1.93. The summed E-state index contributed by atoms with van der Waals surface area (Å²) in [4.78, 5) is 2.61. The van der Waals surface area contributed by atoms with Crippen molar-refractivity contribution in [2.45, 2.75) is 51.7 Å². The maximum absolute atomic E-state index is 5.74. The lowest BCUT2D eigenvalue weighted by atomic mass is 9.75. The Morgan fingerprint density at radius 1 is 1.50 bits per heavy atom. The zero-order chi connectivity index (χ0) is 12.0. The molecule has 0 saturated carbocycles. The molecule has 2 nitrogen and oxygen atoms in total. The number of rotatable bonds is 2.